The van der Waals surface area contributed by atoms with Crippen molar-refractivity contribution >= 4 is 0 Å². The second kappa shape index (κ2) is 5.61. The molecule has 0 aromatic rings. The van der Waals surface area contributed by atoms with Crippen LogP contribution in [0.1, 0.15) is 41.0 Å². The molecule has 0 spiro atoms. The van der Waals surface area contributed by atoms with E-state index in [0.717, 1.165) is 31.3 Å². The van der Waals surface area contributed by atoms with Crippen LogP contribution < -0.4 is 11.1 Å². The van der Waals surface area contributed by atoms with Crippen LogP contribution in [0.15, 0.2) is 0 Å². The van der Waals surface area contributed by atoms with Gasteiger partial charge in [-0.2, -0.15) is 0 Å². The van der Waals surface area contributed by atoms with Crippen LogP contribution >= 0.6 is 0 Å². The highest BCUT2D eigenvalue weighted by Crippen LogP contribution is 2.08. The van der Waals surface area contributed by atoms with Crippen LogP contribution in [0.2, 0.25) is 0 Å². The Kier molecular flexibility index (Phi) is 5.57. The molecule has 1 atom stereocenters. The Labute approximate surface area is 83.3 Å². The minimum atomic E-state index is -0.0337. The molecule has 0 aliphatic rings. The van der Waals surface area contributed by atoms with Gasteiger partial charge in [-0.15, -0.1) is 0 Å². The van der Waals surface area contributed by atoms with Crippen molar-refractivity contribution in [3.8, 4) is 0 Å². The summed E-state index contributed by atoms with van der Waals surface area (Å²) >= 11 is 0. The molecule has 1 unspecified atom stereocenters. The molecule has 3 N–H and O–H groups in total. The van der Waals surface area contributed by atoms with Crippen LogP contribution in [0, 0.1) is 11.8 Å². The normalized spacial score (nSPS) is 15.0. The first-order chi connectivity index (χ1) is 5.83. The lowest BCUT2D eigenvalue weighted by molar-refractivity contribution is 0.377. The Morgan fingerprint density at radius 2 is 1.77 bits per heavy atom. The molecule has 2 nitrogen and oxygen atoms in total. The fraction of sp³-hybridized carbons (Fsp3) is 1.00. The maximum absolute atomic E-state index is 5.87. The van der Waals surface area contributed by atoms with Crippen molar-refractivity contribution in [2.45, 2.75) is 46.6 Å². The zero-order valence-electron chi connectivity index (χ0n) is 9.85. The zero-order chi connectivity index (χ0) is 10.5. The van der Waals surface area contributed by atoms with Crippen LogP contribution in [0.3, 0.4) is 0 Å². The third-order valence-electron chi connectivity index (χ3n) is 2.55. The van der Waals surface area contributed by atoms with E-state index in [1.807, 2.05) is 0 Å². The summed E-state index contributed by atoms with van der Waals surface area (Å²) in [6.45, 7) is 13.1. The van der Waals surface area contributed by atoms with Gasteiger partial charge in [0.1, 0.15) is 0 Å². The maximum Gasteiger partial charge on any atom is 0.0109 e. The van der Waals surface area contributed by atoms with E-state index in [4.69, 9.17) is 5.73 Å². The summed E-state index contributed by atoms with van der Waals surface area (Å²) in [5.41, 5.74) is 5.84. The van der Waals surface area contributed by atoms with E-state index in [1.165, 1.54) is 0 Å². The Hall–Kier alpha value is -0.0800. The monoisotopic (exact) mass is 186 g/mol. The summed E-state index contributed by atoms with van der Waals surface area (Å²) in [5.74, 6) is 1.51. The Balaban J connectivity index is 3.36. The quantitative estimate of drug-likeness (QED) is 0.623. The summed E-state index contributed by atoms with van der Waals surface area (Å²) in [4.78, 5) is 0. The van der Waals surface area contributed by atoms with Gasteiger partial charge in [0.25, 0.3) is 0 Å². The molecule has 0 aliphatic heterocycles. The minimum Gasteiger partial charge on any atom is -0.326 e. The van der Waals surface area contributed by atoms with E-state index in [1.54, 1.807) is 0 Å². The second-order valence-electron chi connectivity index (χ2n) is 5.16. The molecule has 0 aromatic carbocycles. The maximum atomic E-state index is 5.87. The summed E-state index contributed by atoms with van der Waals surface area (Å²) in [7, 11) is 0. The van der Waals surface area contributed by atoms with Gasteiger partial charge in [0.15, 0.2) is 0 Å². The molecule has 0 fully saturated rings. The van der Waals surface area contributed by atoms with Gasteiger partial charge in [0.2, 0.25) is 0 Å². The van der Waals surface area contributed by atoms with E-state index < -0.39 is 0 Å². The fourth-order valence-corrected chi connectivity index (χ4v) is 0.976. The lowest BCUT2D eigenvalue weighted by atomic mass is 9.98. The van der Waals surface area contributed by atoms with Crippen LogP contribution in [-0.4, -0.2) is 18.6 Å². The van der Waals surface area contributed by atoms with Gasteiger partial charge in [-0.1, -0.05) is 20.8 Å². The first-order valence-electron chi connectivity index (χ1n) is 5.32. The Morgan fingerprint density at radius 1 is 1.23 bits per heavy atom. The van der Waals surface area contributed by atoms with Crippen molar-refractivity contribution in [3.63, 3.8) is 0 Å². The van der Waals surface area contributed by atoms with Gasteiger partial charge in [-0.05, 0) is 45.2 Å². The van der Waals surface area contributed by atoms with Gasteiger partial charge in [-0.25, -0.2) is 0 Å². The molecule has 13 heavy (non-hydrogen) atoms. The molecule has 0 aliphatic carbocycles. The lowest BCUT2D eigenvalue weighted by Gasteiger charge is -2.20. The number of hydrogen-bond donors (Lipinski definition) is 2. The smallest absolute Gasteiger partial charge is 0.0109 e. The Morgan fingerprint density at radius 3 is 2.15 bits per heavy atom. The van der Waals surface area contributed by atoms with Crippen molar-refractivity contribution in [3.05, 3.63) is 0 Å². The highest BCUT2D eigenvalue weighted by atomic mass is 14.9. The number of rotatable bonds is 6. The molecule has 0 heterocycles. The van der Waals surface area contributed by atoms with Crippen LogP contribution in [0.25, 0.3) is 0 Å². The first kappa shape index (κ1) is 12.9. The van der Waals surface area contributed by atoms with Crippen molar-refractivity contribution in [2.24, 2.45) is 17.6 Å². The van der Waals surface area contributed by atoms with Crippen molar-refractivity contribution in [1.29, 1.82) is 0 Å². The van der Waals surface area contributed by atoms with Gasteiger partial charge in [-0.3, -0.25) is 0 Å². The largest absolute Gasteiger partial charge is 0.326 e. The van der Waals surface area contributed by atoms with Crippen LogP contribution in [0.5, 0.6) is 0 Å². The van der Waals surface area contributed by atoms with Gasteiger partial charge < -0.3 is 11.1 Å². The summed E-state index contributed by atoms with van der Waals surface area (Å²) < 4.78 is 0. The molecule has 0 aromatic heterocycles. The van der Waals surface area contributed by atoms with E-state index in [9.17, 15) is 0 Å². The lowest BCUT2D eigenvalue weighted by Crippen LogP contribution is -2.36. The topological polar surface area (TPSA) is 38.0 Å². The number of nitrogens with two attached hydrogens (primary N) is 1. The first-order valence-corrected chi connectivity index (χ1v) is 5.32. The molecular weight excluding hydrogens is 160 g/mol. The highest BCUT2D eigenvalue weighted by molar-refractivity contribution is 4.73. The average molecular weight is 186 g/mol. The third kappa shape index (κ3) is 8.26. The molecule has 0 rings (SSSR count). The third-order valence-corrected chi connectivity index (χ3v) is 2.55. The molecular formula is C11H26N2. The van der Waals surface area contributed by atoms with Gasteiger partial charge in [0, 0.05) is 5.54 Å². The summed E-state index contributed by atoms with van der Waals surface area (Å²) in [6, 6.07) is 0. The SMILES string of the molecule is CC(C)C(C)CNCCC(C)(C)N. The van der Waals surface area contributed by atoms with Gasteiger partial charge >= 0.3 is 0 Å². The molecule has 0 radical (unpaired) electrons. The Bertz CT molecular complexity index is 125. The van der Waals surface area contributed by atoms with E-state index in [2.05, 4.69) is 39.9 Å². The predicted molar refractivity (Wildman–Crippen MR) is 59.8 cm³/mol. The van der Waals surface area contributed by atoms with Crippen molar-refractivity contribution in [1.82, 2.24) is 5.32 Å². The molecule has 80 valence electrons. The number of hydrogen-bond acceptors (Lipinski definition) is 2. The van der Waals surface area contributed by atoms with Crippen LogP contribution in [0.4, 0.5) is 0 Å². The van der Waals surface area contributed by atoms with E-state index >= 15 is 0 Å². The fourth-order valence-electron chi connectivity index (χ4n) is 0.976. The predicted octanol–water partition coefficient (Wildman–Crippen LogP) is 2.00. The minimum absolute atomic E-state index is 0.0337. The van der Waals surface area contributed by atoms with Crippen molar-refractivity contribution < 1.29 is 0 Å². The molecule has 0 bridgehead atoms. The summed E-state index contributed by atoms with van der Waals surface area (Å²) in [6.07, 6.45) is 1.04. The van der Waals surface area contributed by atoms with E-state index in [0.29, 0.717) is 0 Å². The molecule has 2 heteroatoms. The standard InChI is InChI=1S/C11H26N2/c1-9(2)10(3)8-13-7-6-11(4,5)12/h9-10,13H,6-8,12H2,1-5H3. The highest BCUT2D eigenvalue weighted by Gasteiger charge is 2.10. The molecule has 0 saturated carbocycles. The number of nitrogens with one attached hydrogen (secondary N) is 1. The van der Waals surface area contributed by atoms with Crippen molar-refractivity contribution in [2.75, 3.05) is 13.1 Å². The summed E-state index contributed by atoms with van der Waals surface area (Å²) in [5, 5.41) is 3.44. The molecule has 0 saturated heterocycles. The second-order valence-corrected chi connectivity index (χ2v) is 5.16. The van der Waals surface area contributed by atoms with Crippen LogP contribution in [-0.2, 0) is 0 Å². The average Bonchev–Trinajstić information content (AvgIpc) is 1.95. The zero-order valence-corrected chi connectivity index (χ0v) is 9.85. The van der Waals surface area contributed by atoms with Gasteiger partial charge in [0.05, 0.1) is 0 Å². The molecule has 0 amide bonds. The van der Waals surface area contributed by atoms with E-state index in [-0.39, 0.29) is 5.54 Å².